The van der Waals surface area contributed by atoms with Crippen LogP contribution in [0.3, 0.4) is 0 Å². The molecule has 1 N–H and O–H groups in total. The number of rotatable bonds is 4. The van der Waals surface area contributed by atoms with E-state index in [0.717, 1.165) is 48.2 Å². The zero-order valence-corrected chi connectivity index (χ0v) is 12.6. The molecule has 3 aliphatic rings. The molecule has 3 heteroatoms. The average molecular weight is 262 g/mol. The first-order valence-electron chi connectivity index (χ1n) is 7.61. The van der Waals surface area contributed by atoms with Gasteiger partial charge in [-0.15, -0.1) is 0 Å². The van der Waals surface area contributed by atoms with Crippen LogP contribution in [-0.4, -0.2) is 11.7 Å². The first-order chi connectivity index (χ1) is 8.98. The van der Waals surface area contributed by atoms with E-state index in [2.05, 4.69) is 31.2 Å². The summed E-state index contributed by atoms with van der Waals surface area (Å²) in [5.74, 6) is 4.48. The molecule has 0 radical (unpaired) electrons. The van der Waals surface area contributed by atoms with Crippen LogP contribution in [0.25, 0.3) is 0 Å². The van der Waals surface area contributed by atoms with Crippen LogP contribution in [0.2, 0.25) is 0 Å². The van der Waals surface area contributed by atoms with Crippen molar-refractivity contribution < 1.29 is 4.52 Å². The maximum absolute atomic E-state index is 5.09. The lowest BCUT2D eigenvalue weighted by Gasteiger charge is -2.62. The highest BCUT2D eigenvalue weighted by atomic mass is 16.5. The van der Waals surface area contributed by atoms with Crippen molar-refractivity contribution in [2.75, 3.05) is 6.54 Å². The maximum atomic E-state index is 5.09. The number of hydrogen-bond donors (Lipinski definition) is 1. The number of fused-ring (bicyclic) bond motifs is 2. The van der Waals surface area contributed by atoms with E-state index in [4.69, 9.17) is 4.52 Å². The van der Waals surface area contributed by atoms with Crippen LogP contribution in [0, 0.1) is 36.0 Å². The highest BCUT2D eigenvalue weighted by Crippen LogP contribution is 2.62. The summed E-state index contributed by atoms with van der Waals surface area (Å²) in [5.41, 5.74) is 1.62. The van der Waals surface area contributed by atoms with Crippen LogP contribution in [-0.2, 0) is 6.54 Å². The van der Waals surface area contributed by atoms with Gasteiger partial charge in [-0.1, -0.05) is 25.9 Å². The molecular weight excluding hydrogens is 236 g/mol. The second-order valence-corrected chi connectivity index (χ2v) is 7.28. The normalized spacial score (nSPS) is 36.0. The predicted octanol–water partition coefficient (Wildman–Crippen LogP) is 3.39. The first-order valence-corrected chi connectivity index (χ1v) is 7.61. The summed E-state index contributed by atoms with van der Waals surface area (Å²) in [6, 6.07) is 2.01. The predicted molar refractivity (Wildman–Crippen MR) is 75.6 cm³/mol. The van der Waals surface area contributed by atoms with Gasteiger partial charge in [0, 0.05) is 12.6 Å². The number of aryl methyl sites for hydroxylation is 1. The van der Waals surface area contributed by atoms with Crippen molar-refractivity contribution in [3.05, 3.63) is 17.5 Å². The van der Waals surface area contributed by atoms with Crippen LogP contribution in [0.1, 0.15) is 45.1 Å². The second-order valence-electron chi connectivity index (χ2n) is 7.28. The second kappa shape index (κ2) is 4.62. The van der Waals surface area contributed by atoms with E-state index in [9.17, 15) is 0 Å². The molecule has 0 spiro atoms. The Labute approximate surface area is 116 Å². The topological polar surface area (TPSA) is 38.1 Å². The molecule has 3 fully saturated rings. The molecule has 0 aliphatic heterocycles. The van der Waals surface area contributed by atoms with Crippen LogP contribution < -0.4 is 5.32 Å². The Kier molecular flexibility index (Phi) is 3.20. The largest absolute Gasteiger partial charge is 0.361 e. The minimum absolute atomic E-state index is 0.596. The molecule has 4 atom stereocenters. The van der Waals surface area contributed by atoms with E-state index in [1.54, 1.807) is 0 Å². The smallest absolute Gasteiger partial charge is 0.133 e. The molecule has 106 valence electrons. The van der Waals surface area contributed by atoms with Crippen LogP contribution in [0.4, 0.5) is 0 Å². The Hall–Kier alpha value is -0.830. The molecule has 1 aromatic heterocycles. The van der Waals surface area contributed by atoms with Gasteiger partial charge >= 0.3 is 0 Å². The van der Waals surface area contributed by atoms with E-state index in [0.29, 0.717) is 5.41 Å². The molecule has 0 aromatic carbocycles. The average Bonchev–Trinajstić information content (AvgIpc) is 2.76. The Morgan fingerprint density at radius 3 is 2.79 bits per heavy atom. The zero-order chi connectivity index (χ0) is 13.6. The number of aromatic nitrogens is 1. The van der Waals surface area contributed by atoms with Crippen molar-refractivity contribution in [1.29, 1.82) is 0 Å². The van der Waals surface area contributed by atoms with Crippen LogP contribution in [0.15, 0.2) is 10.6 Å². The van der Waals surface area contributed by atoms with Crippen molar-refractivity contribution in [3.8, 4) is 0 Å². The summed E-state index contributed by atoms with van der Waals surface area (Å²) in [6.45, 7) is 11.3. The van der Waals surface area contributed by atoms with Crippen LogP contribution >= 0.6 is 0 Å². The quantitative estimate of drug-likeness (QED) is 0.904. The molecule has 3 saturated carbocycles. The number of nitrogens with one attached hydrogen (secondary N) is 1. The lowest BCUT2D eigenvalue weighted by Crippen LogP contribution is -2.56. The fraction of sp³-hybridized carbons (Fsp3) is 0.812. The number of hydrogen-bond acceptors (Lipinski definition) is 3. The summed E-state index contributed by atoms with van der Waals surface area (Å²) in [6.07, 6.45) is 2.86. The summed E-state index contributed by atoms with van der Waals surface area (Å²) >= 11 is 0. The van der Waals surface area contributed by atoms with E-state index in [1.807, 2.05) is 13.0 Å². The summed E-state index contributed by atoms with van der Waals surface area (Å²) in [7, 11) is 0. The van der Waals surface area contributed by atoms with Crippen molar-refractivity contribution in [2.24, 2.45) is 29.1 Å². The standard InChI is InChI=1S/C16H26N2O/c1-10-5-14(18-19-10)9-17-8-12-6-13-7-15(11(12)2)16(13,3)4/h5,11-13,15,17H,6-9H2,1-4H3/t11-,12?,13+,15+/m0/s1. The van der Waals surface area contributed by atoms with Gasteiger partial charge in [-0.05, 0) is 55.4 Å². The molecule has 3 aliphatic carbocycles. The number of nitrogens with zero attached hydrogens (tertiary/aromatic N) is 1. The van der Waals surface area contributed by atoms with Gasteiger partial charge in [-0.2, -0.15) is 0 Å². The third-order valence-electron chi connectivity index (χ3n) is 5.90. The van der Waals surface area contributed by atoms with E-state index < -0.39 is 0 Å². The van der Waals surface area contributed by atoms with Gasteiger partial charge in [-0.3, -0.25) is 0 Å². The fourth-order valence-corrected chi connectivity index (χ4v) is 4.41. The van der Waals surface area contributed by atoms with Crippen molar-refractivity contribution in [1.82, 2.24) is 10.5 Å². The minimum atomic E-state index is 0.596. The molecule has 1 heterocycles. The van der Waals surface area contributed by atoms with Gasteiger partial charge in [-0.25, -0.2) is 0 Å². The molecule has 4 rings (SSSR count). The molecule has 3 nitrogen and oxygen atoms in total. The molecular formula is C16H26N2O. The molecule has 19 heavy (non-hydrogen) atoms. The van der Waals surface area contributed by atoms with E-state index in [-0.39, 0.29) is 0 Å². The molecule has 1 unspecified atom stereocenters. The Morgan fingerprint density at radius 2 is 2.21 bits per heavy atom. The van der Waals surface area contributed by atoms with Gasteiger partial charge in [0.2, 0.25) is 0 Å². The molecule has 1 aromatic rings. The summed E-state index contributed by atoms with van der Waals surface area (Å²) in [5, 5.41) is 7.59. The van der Waals surface area contributed by atoms with Crippen molar-refractivity contribution in [2.45, 2.75) is 47.1 Å². The van der Waals surface area contributed by atoms with Gasteiger partial charge in [0.05, 0.1) is 5.69 Å². The van der Waals surface area contributed by atoms with Gasteiger partial charge in [0.1, 0.15) is 5.76 Å². The van der Waals surface area contributed by atoms with Crippen molar-refractivity contribution >= 4 is 0 Å². The van der Waals surface area contributed by atoms with E-state index in [1.165, 1.54) is 12.8 Å². The lowest BCUT2D eigenvalue weighted by molar-refractivity contribution is -0.127. The molecule has 2 bridgehead atoms. The summed E-state index contributed by atoms with van der Waals surface area (Å²) in [4.78, 5) is 0. The third kappa shape index (κ3) is 2.22. The minimum Gasteiger partial charge on any atom is -0.361 e. The van der Waals surface area contributed by atoms with E-state index >= 15 is 0 Å². The third-order valence-corrected chi connectivity index (χ3v) is 5.90. The van der Waals surface area contributed by atoms with Gasteiger partial charge in [0.15, 0.2) is 0 Å². The van der Waals surface area contributed by atoms with Crippen LogP contribution in [0.5, 0.6) is 0 Å². The van der Waals surface area contributed by atoms with Gasteiger partial charge < -0.3 is 9.84 Å². The highest BCUT2D eigenvalue weighted by molar-refractivity contribution is 5.06. The highest BCUT2D eigenvalue weighted by Gasteiger charge is 2.55. The Balaban J connectivity index is 1.49. The monoisotopic (exact) mass is 262 g/mol. The summed E-state index contributed by atoms with van der Waals surface area (Å²) < 4.78 is 5.09. The fourth-order valence-electron chi connectivity index (χ4n) is 4.41. The van der Waals surface area contributed by atoms with Gasteiger partial charge in [0.25, 0.3) is 0 Å². The SMILES string of the molecule is Cc1cc(CNCC2C[C@@H]3C[C@H]([C@H]2C)C3(C)C)no1. The Morgan fingerprint density at radius 1 is 1.42 bits per heavy atom. The molecule has 0 amide bonds. The lowest BCUT2D eigenvalue weighted by atomic mass is 9.43. The Bertz CT molecular complexity index is 451. The maximum Gasteiger partial charge on any atom is 0.133 e. The first kappa shape index (κ1) is 13.2. The molecule has 0 saturated heterocycles. The van der Waals surface area contributed by atoms with Crippen molar-refractivity contribution in [3.63, 3.8) is 0 Å². The zero-order valence-electron chi connectivity index (χ0n) is 12.6.